The van der Waals surface area contributed by atoms with Gasteiger partial charge in [-0.1, -0.05) is 18.2 Å². The summed E-state index contributed by atoms with van der Waals surface area (Å²) in [6.45, 7) is 6.88. The molecule has 3 rings (SSSR count). The summed E-state index contributed by atoms with van der Waals surface area (Å²) in [5.41, 5.74) is 5.25. The molecule has 2 heterocycles. The summed E-state index contributed by atoms with van der Waals surface area (Å²) in [5, 5.41) is 3.43. The number of guanidine groups is 1. The molecular weight excluding hydrogens is 411 g/mol. The summed E-state index contributed by atoms with van der Waals surface area (Å²) in [5.74, 6) is 0.990. The molecule has 0 unspecified atom stereocenters. The Bertz CT molecular complexity index is 699. The number of aryl methyl sites for hydroxylation is 1. The molecule has 1 N–H and O–H groups in total. The second-order valence-electron chi connectivity index (χ2n) is 5.82. The second-order valence-corrected chi connectivity index (χ2v) is 5.82. The molecule has 0 amide bonds. The number of rotatable bonds is 4. The molecule has 1 aliphatic heterocycles. The minimum atomic E-state index is 0. The fraction of sp³-hybridized carbons (Fsp3) is 0.368. The van der Waals surface area contributed by atoms with Crippen molar-refractivity contribution in [3.63, 3.8) is 0 Å². The summed E-state index contributed by atoms with van der Waals surface area (Å²) in [6.07, 6.45) is 5.80. The quantitative estimate of drug-likeness (QED) is 0.453. The number of pyridine rings is 1. The number of hydrogen-bond donors (Lipinski definition) is 1. The van der Waals surface area contributed by atoms with Crippen LogP contribution < -0.4 is 10.2 Å². The Morgan fingerprint density at radius 3 is 2.92 bits per heavy atom. The van der Waals surface area contributed by atoms with Gasteiger partial charge in [0, 0.05) is 37.7 Å². The highest BCUT2D eigenvalue weighted by molar-refractivity contribution is 14.0. The molecule has 0 aliphatic carbocycles. The first-order valence-electron chi connectivity index (χ1n) is 8.33. The number of aromatic nitrogens is 1. The first kappa shape index (κ1) is 18.7. The first-order chi connectivity index (χ1) is 11.3. The fourth-order valence-corrected chi connectivity index (χ4v) is 3.02. The number of aliphatic imine (C=N–C) groups is 1. The van der Waals surface area contributed by atoms with Crippen molar-refractivity contribution in [2.24, 2.45) is 4.99 Å². The third-order valence-electron chi connectivity index (χ3n) is 4.26. The molecule has 1 aromatic carbocycles. The maximum absolute atomic E-state index is 4.84. The van der Waals surface area contributed by atoms with Crippen LogP contribution in [0.3, 0.4) is 0 Å². The molecule has 0 saturated carbocycles. The van der Waals surface area contributed by atoms with Gasteiger partial charge < -0.3 is 10.2 Å². The topological polar surface area (TPSA) is 40.5 Å². The van der Waals surface area contributed by atoms with Crippen molar-refractivity contribution in [3.8, 4) is 0 Å². The van der Waals surface area contributed by atoms with E-state index in [1.165, 1.54) is 22.4 Å². The van der Waals surface area contributed by atoms with Crippen molar-refractivity contribution in [2.45, 2.75) is 26.7 Å². The highest BCUT2D eigenvalue weighted by Gasteiger charge is 2.22. The van der Waals surface area contributed by atoms with Gasteiger partial charge in [0.15, 0.2) is 5.96 Å². The zero-order valence-electron chi connectivity index (χ0n) is 14.3. The average molecular weight is 436 g/mol. The SMILES string of the molecule is CCNC(=NCCc1ccncc1C)N1CCc2ccccc21.I. The average Bonchev–Trinajstić information content (AvgIpc) is 3.00. The van der Waals surface area contributed by atoms with Crippen molar-refractivity contribution < 1.29 is 0 Å². The Labute approximate surface area is 161 Å². The molecule has 4 nitrogen and oxygen atoms in total. The van der Waals surface area contributed by atoms with Gasteiger partial charge in [-0.15, -0.1) is 24.0 Å². The molecular formula is C19H25IN4. The van der Waals surface area contributed by atoms with E-state index in [4.69, 9.17) is 4.99 Å². The minimum absolute atomic E-state index is 0. The van der Waals surface area contributed by atoms with Crippen LogP contribution in [0.2, 0.25) is 0 Å². The predicted molar refractivity (Wildman–Crippen MR) is 112 cm³/mol. The van der Waals surface area contributed by atoms with Crippen LogP contribution in [0.1, 0.15) is 23.6 Å². The van der Waals surface area contributed by atoms with Crippen molar-refractivity contribution in [2.75, 3.05) is 24.5 Å². The lowest BCUT2D eigenvalue weighted by Crippen LogP contribution is -2.40. The van der Waals surface area contributed by atoms with Crippen LogP contribution in [0, 0.1) is 6.92 Å². The van der Waals surface area contributed by atoms with Crippen LogP contribution in [-0.2, 0) is 12.8 Å². The van der Waals surface area contributed by atoms with Crippen molar-refractivity contribution in [1.82, 2.24) is 10.3 Å². The molecule has 24 heavy (non-hydrogen) atoms. The fourth-order valence-electron chi connectivity index (χ4n) is 3.02. The van der Waals surface area contributed by atoms with Crippen LogP contribution in [0.5, 0.6) is 0 Å². The van der Waals surface area contributed by atoms with Gasteiger partial charge in [-0.3, -0.25) is 9.98 Å². The van der Waals surface area contributed by atoms with E-state index < -0.39 is 0 Å². The number of fused-ring (bicyclic) bond motifs is 1. The Morgan fingerprint density at radius 1 is 1.29 bits per heavy atom. The largest absolute Gasteiger partial charge is 0.356 e. The lowest BCUT2D eigenvalue weighted by molar-refractivity contribution is 0.868. The van der Waals surface area contributed by atoms with Gasteiger partial charge in [0.2, 0.25) is 0 Å². The van der Waals surface area contributed by atoms with E-state index in [9.17, 15) is 0 Å². The molecule has 5 heteroatoms. The number of anilines is 1. The van der Waals surface area contributed by atoms with E-state index in [-0.39, 0.29) is 24.0 Å². The van der Waals surface area contributed by atoms with Gasteiger partial charge in [-0.25, -0.2) is 0 Å². The number of para-hydroxylation sites is 1. The van der Waals surface area contributed by atoms with Gasteiger partial charge in [-0.2, -0.15) is 0 Å². The zero-order chi connectivity index (χ0) is 16.1. The molecule has 0 atom stereocenters. The Balaban J connectivity index is 0.00000208. The molecule has 0 fully saturated rings. The normalized spacial score (nSPS) is 13.4. The number of benzene rings is 1. The van der Waals surface area contributed by atoms with E-state index in [2.05, 4.69) is 59.4 Å². The molecule has 128 valence electrons. The summed E-state index contributed by atoms with van der Waals surface area (Å²) in [6, 6.07) is 10.7. The maximum Gasteiger partial charge on any atom is 0.198 e. The predicted octanol–water partition coefficient (Wildman–Crippen LogP) is 3.58. The van der Waals surface area contributed by atoms with E-state index in [1.54, 1.807) is 0 Å². The summed E-state index contributed by atoms with van der Waals surface area (Å²) in [7, 11) is 0. The molecule has 2 aromatic rings. The van der Waals surface area contributed by atoms with E-state index in [1.807, 2.05) is 12.4 Å². The summed E-state index contributed by atoms with van der Waals surface area (Å²) in [4.78, 5) is 11.3. The highest BCUT2D eigenvalue weighted by Crippen LogP contribution is 2.27. The first-order valence-corrected chi connectivity index (χ1v) is 8.33. The van der Waals surface area contributed by atoms with Crippen LogP contribution in [-0.4, -0.2) is 30.6 Å². The third-order valence-corrected chi connectivity index (χ3v) is 4.26. The lowest BCUT2D eigenvalue weighted by Gasteiger charge is -2.22. The number of nitrogens with one attached hydrogen (secondary N) is 1. The van der Waals surface area contributed by atoms with Crippen molar-refractivity contribution >= 4 is 35.6 Å². The third kappa shape index (κ3) is 4.26. The van der Waals surface area contributed by atoms with Gasteiger partial charge in [0.05, 0.1) is 0 Å². The minimum Gasteiger partial charge on any atom is -0.356 e. The van der Waals surface area contributed by atoms with Crippen LogP contribution >= 0.6 is 24.0 Å². The summed E-state index contributed by atoms with van der Waals surface area (Å²) >= 11 is 0. The van der Waals surface area contributed by atoms with Crippen LogP contribution in [0.15, 0.2) is 47.7 Å². The highest BCUT2D eigenvalue weighted by atomic mass is 127. The molecule has 0 spiro atoms. The number of halogens is 1. The second kappa shape index (κ2) is 9.01. The molecule has 1 aromatic heterocycles. The molecule has 0 saturated heterocycles. The van der Waals surface area contributed by atoms with Gasteiger partial charge in [-0.05, 0) is 55.5 Å². The maximum atomic E-state index is 4.84. The molecule has 0 bridgehead atoms. The van der Waals surface area contributed by atoms with Gasteiger partial charge >= 0.3 is 0 Å². The standard InChI is InChI=1S/C19H24N4.HI/c1-3-21-19(22-12-9-16-8-11-20-14-15(16)2)23-13-10-17-6-4-5-7-18(17)23;/h4-8,11,14H,3,9-10,12-13H2,1-2H3,(H,21,22);1H. The smallest absolute Gasteiger partial charge is 0.198 e. The van der Waals surface area contributed by atoms with E-state index in [0.29, 0.717) is 0 Å². The summed E-state index contributed by atoms with van der Waals surface area (Å²) < 4.78 is 0. The van der Waals surface area contributed by atoms with Crippen molar-refractivity contribution in [1.29, 1.82) is 0 Å². The Morgan fingerprint density at radius 2 is 2.12 bits per heavy atom. The van der Waals surface area contributed by atoms with Crippen LogP contribution in [0.25, 0.3) is 0 Å². The van der Waals surface area contributed by atoms with E-state index >= 15 is 0 Å². The zero-order valence-corrected chi connectivity index (χ0v) is 16.7. The number of hydrogen-bond acceptors (Lipinski definition) is 2. The lowest BCUT2D eigenvalue weighted by atomic mass is 10.1. The van der Waals surface area contributed by atoms with Gasteiger partial charge in [0.25, 0.3) is 0 Å². The van der Waals surface area contributed by atoms with Crippen molar-refractivity contribution in [3.05, 3.63) is 59.4 Å². The Hall–Kier alpha value is -1.63. The van der Waals surface area contributed by atoms with Gasteiger partial charge in [0.1, 0.15) is 0 Å². The Kier molecular flexibility index (Phi) is 7.02. The van der Waals surface area contributed by atoms with E-state index in [0.717, 1.165) is 38.4 Å². The monoisotopic (exact) mass is 436 g/mol. The molecule has 1 aliphatic rings. The number of nitrogens with zero attached hydrogens (tertiary/aromatic N) is 3. The van der Waals surface area contributed by atoms with Crippen LogP contribution in [0.4, 0.5) is 5.69 Å². The molecule has 0 radical (unpaired) electrons.